The molecule has 0 saturated carbocycles. The molecule has 0 aliphatic heterocycles. The third kappa shape index (κ3) is 2.93. The van der Waals surface area contributed by atoms with E-state index in [-0.39, 0.29) is 11.6 Å². The number of anilines is 1. The van der Waals surface area contributed by atoms with Crippen molar-refractivity contribution < 1.29 is 19.1 Å². The molecular weight excluding hydrogens is 286 g/mol. The van der Waals surface area contributed by atoms with Crippen LogP contribution in [0.1, 0.15) is 26.5 Å². The van der Waals surface area contributed by atoms with Crippen LogP contribution in [-0.4, -0.2) is 35.9 Å². The molecule has 0 saturated heterocycles. The van der Waals surface area contributed by atoms with Gasteiger partial charge in [0.25, 0.3) is 5.91 Å². The monoisotopic (exact) mass is 303 g/mol. The van der Waals surface area contributed by atoms with Gasteiger partial charge in [-0.15, -0.1) is 0 Å². The quantitative estimate of drug-likeness (QED) is 0.871. The lowest BCUT2D eigenvalue weighted by atomic mass is 10.2. The molecule has 7 nitrogen and oxygen atoms in total. The van der Waals surface area contributed by atoms with E-state index in [2.05, 4.69) is 10.4 Å². The maximum atomic E-state index is 12.4. The van der Waals surface area contributed by atoms with Crippen molar-refractivity contribution in [3.63, 3.8) is 0 Å². The van der Waals surface area contributed by atoms with Gasteiger partial charge in [0.05, 0.1) is 25.6 Å². The van der Waals surface area contributed by atoms with Gasteiger partial charge in [0.15, 0.2) is 5.69 Å². The Kier molecular flexibility index (Phi) is 4.45. The number of ether oxygens (including phenoxy) is 2. The number of nitrogens with one attached hydrogen (secondary N) is 1. The lowest BCUT2D eigenvalue weighted by Crippen LogP contribution is -2.16. The van der Waals surface area contributed by atoms with E-state index in [1.807, 2.05) is 0 Å². The topological polar surface area (TPSA) is 82.4 Å². The second-order valence-corrected chi connectivity index (χ2v) is 4.61. The molecule has 0 aliphatic rings. The van der Waals surface area contributed by atoms with Crippen molar-refractivity contribution in [2.45, 2.75) is 6.92 Å². The van der Waals surface area contributed by atoms with Crippen molar-refractivity contribution >= 4 is 17.6 Å². The molecule has 116 valence electrons. The van der Waals surface area contributed by atoms with Crippen LogP contribution in [0.3, 0.4) is 0 Å². The van der Waals surface area contributed by atoms with Gasteiger partial charge in [-0.1, -0.05) is 6.07 Å². The van der Waals surface area contributed by atoms with Crippen molar-refractivity contribution in [1.82, 2.24) is 9.78 Å². The highest BCUT2D eigenvalue weighted by Crippen LogP contribution is 2.22. The Morgan fingerprint density at radius 2 is 2.00 bits per heavy atom. The van der Waals surface area contributed by atoms with Gasteiger partial charge in [0.2, 0.25) is 0 Å². The molecule has 1 amide bonds. The molecule has 22 heavy (non-hydrogen) atoms. The molecule has 7 heteroatoms. The molecule has 1 aromatic carbocycles. The molecule has 1 heterocycles. The van der Waals surface area contributed by atoms with Crippen molar-refractivity contribution in [2.24, 2.45) is 7.05 Å². The number of benzene rings is 1. The summed E-state index contributed by atoms with van der Waals surface area (Å²) in [4.78, 5) is 24.2. The molecular formula is C15H17N3O4. The van der Waals surface area contributed by atoms with Gasteiger partial charge in [-0.3, -0.25) is 9.48 Å². The van der Waals surface area contributed by atoms with Crippen LogP contribution in [0, 0.1) is 6.92 Å². The van der Waals surface area contributed by atoms with Crippen LogP contribution in [0.5, 0.6) is 5.75 Å². The van der Waals surface area contributed by atoms with Crippen LogP contribution < -0.4 is 10.1 Å². The first-order valence-electron chi connectivity index (χ1n) is 6.55. The van der Waals surface area contributed by atoms with Crippen LogP contribution in [0.2, 0.25) is 0 Å². The fraction of sp³-hybridized carbons (Fsp3) is 0.267. The van der Waals surface area contributed by atoms with Crippen LogP contribution in [0.15, 0.2) is 24.3 Å². The van der Waals surface area contributed by atoms with E-state index >= 15 is 0 Å². The number of esters is 1. The number of aromatic nitrogens is 2. The number of methoxy groups -OCH3 is 2. The Balaban J connectivity index is 2.34. The predicted octanol–water partition coefficient (Wildman–Crippen LogP) is 1.78. The van der Waals surface area contributed by atoms with E-state index in [1.165, 1.54) is 18.9 Å². The van der Waals surface area contributed by atoms with Crippen molar-refractivity contribution in [1.29, 1.82) is 0 Å². The SMILES string of the molecule is COC(=O)c1c(NC(=O)c2cccc(OC)c2)c(C)nn1C. The van der Waals surface area contributed by atoms with Crippen LogP contribution in [0.25, 0.3) is 0 Å². The van der Waals surface area contributed by atoms with Gasteiger partial charge in [0.1, 0.15) is 5.75 Å². The molecule has 0 fully saturated rings. The first kappa shape index (κ1) is 15.6. The largest absolute Gasteiger partial charge is 0.497 e. The number of hydrogen-bond acceptors (Lipinski definition) is 5. The minimum atomic E-state index is -0.566. The average Bonchev–Trinajstić information content (AvgIpc) is 2.80. The van der Waals surface area contributed by atoms with E-state index in [4.69, 9.17) is 9.47 Å². The highest BCUT2D eigenvalue weighted by molar-refractivity contribution is 6.08. The van der Waals surface area contributed by atoms with E-state index in [0.717, 1.165) is 0 Å². The maximum absolute atomic E-state index is 12.4. The zero-order chi connectivity index (χ0) is 16.3. The summed E-state index contributed by atoms with van der Waals surface area (Å²) >= 11 is 0. The van der Waals surface area contributed by atoms with Crippen LogP contribution >= 0.6 is 0 Å². The van der Waals surface area contributed by atoms with Crippen molar-refractivity contribution in [3.8, 4) is 5.75 Å². The lowest BCUT2D eigenvalue weighted by molar-refractivity contribution is 0.0589. The Hall–Kier alpha value is -2.83. The maximum Gasteiger partial charge on any atom is 0.358 e. The van der Waals surface area contributed by atoms with Gasteiger partial charge < -0.3 is 14.8 Å². The Morgan fingerprint density at radius 3 is 2.64 bits per heavy atom. The summed E-state index contributed by atoms with van der Waals surface area (Å²) in [5.41, 5.74) is 1.47. The molecule has 0 bridgehead atoms. The summed E-state index contributed by atoms with van der Waals surface area (Å²) in [5, 5.41) is 6.84. The number of carbonyl (C=O) groups excluding carboxylic acids is 2. The standard InChI is InChI=1S/C15H17N3O4/c1-9-12(13(15(20)22-4)18(2)17-9)16-14(19)10-6-5-7-11(8-10)21-3/h5-8H,1-4H3,(H,16,19). The summed E-state index contributed by atoms with van der Waals surface area (Å²) in [6.45, 7) is 1.70. The zero-order valence-electron chi connectivity index (χ0n) is 12.8. The summed E-state index contributed by atoms with van der Waals surface area (Å²) in [6.07, 6.45) is 0. The number of aryl methyl sites for hydroxylation is 2. The van der Waals surface area contributed by atoms with Gasteiger partial charge in [-0.25, -0.2) is 4.79 Å². The van der Waals surface area contributed by atoms with E-state index in [0.29, 0.717) is 22.7 Å². The van der Waals surface area contributed by atoms with Crippen molar-refractivity contribution in [3.05, 3.63) is 41.2 Å². The Morgan fingerprint density at radius 1 is 1.27 bits per heavy atom. The molecule has 2 rings (SSSR count). The Labute approximate surface area is 127 Å². The molecule has 0 unspecified atom stereocenters. The number of hydrogen-bond donors (Lipinski definition) is 1. The van der Waals surface area contributed by atoms with E-state index in [1.54, 1.807) is 38.2 Å². The first-order valence-corrected chi connectivity index (χ1v) is 6.55. The van der Waals surface area contributed by atoms with Crippen LogP contribution in [-0.2, 0) is 11.8 Å². The van der Waals surface area contributed by atoms with Gasteiger partial charge >= 0.3 is 5.97 Å². The Bertz CT molecular complexity index is 722. The summed E-state index contributed by atoms with van der Waals surface area (Å²) < 4.78 is 11.2. The normalized spacial score (nSPS) is 10.2. The minimum Gasteiger partial charge on any atom is -0.497 e. The fourth-order valence-electron chi connectivity index (χ4n) is 2.09. The zero-order valence-corrected chi connectivity index (χ0v) is 12.8. The molecule has 1 N–H and O–H groups in total. The lowest BCUT2D eigenvalue weighted by Gasteiger charge is -2.08. The molecule has 0 spiro atoms. The highest BCUT2D eigenvalue weighted by Gasteiger charge is 2.22. The van der Waals surface area contributed by atoms with Crippen LogP contribution in [0.4, 0.5) is 5.69 Å². The van der Waals surface area contributed by atoms with Gasteiger partial charge in [0, 0.05) is 12.6 Å². The summed E-state index contributed by atoms with van der Waals surface area (Å²) in [7, 11) is 4.41. The number of rotatable bonds is 4. The second-order valence-electron chi connectivity index (χ2n) is 4.61. The first-order chi connectivity index (χ1) is 10.5. The third-order valence-corrected chi connectivity index (χ3v) is 3.17. The number of nitrogens with zero attached hydrogens (tertiary/aromatic N) is 2. The van der Waals surface area contributed by atoms with E-state index < -0.39 is 5.97 Å². The smallest absolute Gasteiger partial charge is 0.358 e. The molecule has 1 aromatic heterocycles. The molecule has 2 aromatic rings. The minimum absolute atomic E-state index is 0.191. The molecule has 0 radical (unpaired) electrons. The summed E-state index contributed by atoms with van der Waals surface area (Å²) in [6, 6.07) is 6.72. The highest BCUT2D eigenvalue weighted by atomic mass is 16.5. The van der Waals surface area contributed by atoms with Crippen molar-refractivity contribution in [2.75, 3.05) is 19.5 Å². The fourth-order valence-corrected chi connectivity index (χ4v) is 2.09. The summed E-state index contributed by atoms with van der Waals surface area (Å²) in [5.74, 6) is -0.354. The van der Waals surface area contributed by atoms with Gasteiger partial charge in [-0.05, 0) is 25.1 Å². The van der Waals surface area contributed by atoms with Gasteiger partial charge in [-0.2, -0.15) is 5.10 Å². The third-order valence-electron chi connectivity index (χ3n) is 3.17. The van der Waals surface area contributed by atoms with E-state index in [9.17, 15) is 9.59 Å². The second kappa shape index (κ2) is 6.30. The number of carbonyl (C=O) groups is 2. The molecule has 0 aliphatic carbocycles. The predicted molar refractivity (Wildman–Crippen MR) is 80.2 cm³/mol. The average molecular weight is 303 g/mol. The molecule has 0 atom stereocenters. The number of amides is 1.